The lowest BCUT2D eigenvalue weighted by Gasteiger charge is -2.31. The summed E-state index contributed by atoms with van der Waals surface area (Å²) >= 11 is 1.59. The van der Waals surface area contributed by atoms with Gasteiger partial charge in [-0.2, -0.15) is 0 Å². The molecule has 1 N–H and O–H groups in total. The Hall–Kier alpha value is -1.92. The Kier molecular flexibility index (Phi) is 3.90. The molecule has 3 rings (SSSR count). The second-order valence-electron chi connectivity index (χ2n) is 4.96. The van der Waals surface area contributed by atoms with Crippen LogP contribution in [0.5, 0.6) is 0 Å². The normalized spacial score (nSPS) is 18.7. The Balaban J connectivity index is 1.74. The van der Waals surface area contributed by atoms with Crippen LogP contribution in [-0.4, -0.2) is 42.5 Å². The quantitative estimate of drug-likeness (QED) is 0.924. The average Bonchev–Trinajstić information content (AvgIpc) is 2.97. The van der Waals surface area contributed by atoms with Crippen LogP contribution in [0.2, 0.25) is 0 Å². The molecule has 0 saturated carbocycles. The zero-order valence-electron chi connectivity index (χ0n) is 11.7. The number of anilines is 1. The molecule has 1 fully saturated rings. The fourth-order valence-corrected chi connectivity index (χ4v) is 3.27. The van der Waals surface area contributed by atoms with Crippen LogP contribution in [0.25, 0.3) is 10.1 Å². The highest BCUT2D eigenvalue weighted by atomic mass is 32.1. The van der Waals surface area contributed by atoms with Crippen LogP contribution < -0.4 is 5.32 Å². The van der Waals surface area contributed by atoms with Crippen molar-refractivity contribution in [1.29, 1.82) is 0 Å². The largest absolute Gasteiger partial charge is 0.365 e. The molecule has 2 amide bonds. The van der Waals surface area contributed by atoms with Gasteiger partial charge >= 0.3 is 0 Å². The van der Waals surface area contributed by atoms with Gasteiger partial charge in [0.05, 0.1) is 23.5 Å². The highest BCUT2D eigenvalue weighted by Crippen LogP contribution is 2.28. The molecule has 21 heavy (non-hydrogen) atoms. The van der Waals surface area contributed by atoms with E-state index in [1.54, 1.807) is 16.2 Å². The first-order valence-electron chi connectivity index (χ1n) is 6.79. The summed E-state index contributed by atoms with van der Waals surface area (Å²) in [6.45, 7) is 2.74. The van der Waals surface area contributed by atoms with Crippen molar-refractivity contribution in [3.8, 4) is 0 Å². The maximum atomic E-state index is 12.3. The number of thiophene rings is 1. The zero-order valence-corrected chi connectivity index (χ0v) is 12.5. The zero-order chi connectivity index (χ0) is 14.8. The van der Waals surface area contributed by atoms with Crippen LogP contribution in [0.3, 0.4) is 0 Å². The third-order valence-electron chi connectivity index (χ3n) is 3.54. The standard InChI is InChI=1S/C15H16N2O3S/c1-10(18)17-6-7-20-13(9-17)15(19)16-12-4-2-3-11-5-8-21-14(11)12/h2-5,8,13H,6-7,9H2,1H3,(H,16,19)/t13-/m0/s1. The highest BCUT2D eigenvalue weighted by Gasteiger charge is 2.28. The van der Waals surface area contributed by atoms with Gasteiger partial charge in [-0.05, 0) is 22.9 Å². The van der Waals surface area contributed by atoms with E-state index < -0.39 is 6.10 Å². The number of amides is 2. The molecule has 0 radical (unpaired) electrons. The summed E-state index contributed by atoms with van der Waals surface area (Å²) < 4.78 is 6.53. The van der Waals surface area contributed by atoms with Crippen LogP contribution in [0, 0.1) is 0 Å². The highest BCUT2D eigenvalue weighted by molar-refractivity contribution is 7.17. The van der Waals surface area contributed by atoms with Crippen molar-refractivity contribution in [1.82, 2.24) is 4.90 Å². The average molecular weight is 304 g/mol. The van der Waals surface area contributed by atoms with Crippen LogP contribution in [0.4, 0.5) is 5.69 Å². The number of ether oxygens (including phenoxy) is 1. The minimum absolute atomic E-state index is 0.0311. The number of benzene rings is 1. The van der Waals surface area contributed by atoms with Gasteiger partial charge in [0.25, 0.3) is 5.91 Å². The molecular formula is C15H16N2O3S. The fourth-order valence-electron chi connectivity index (χ4n) is 2.40. The van der Waals surface area contributed by atoms with Gasteiger partial charge in [-0.25, -0.2) is 0 Å². The van der Waals surface area contributed by atoms with E-state index in [1.807, 2.05) is 29.6 Å². The van der Waals surface area contributed by atoms with Crippen LogP contribution in [-0.2, 0) is 14.3 Å². The first-order chi connectivity index (χ1) is 10.1. The second kappa shape index (κ2) is 5.83. The van der Waals surface area contributed by atoms with Crippen LogP contribution in [0.1, 0.15) is 6.92 Å². The van der Waals surface area contributed by atoms with Gasteiger partial charge in [0.1, 0.15) is 0 Å². The molecule has 1 aromatic heterocycles. The van der Waals surface area contributed by atoms with E-state index >= 15 is 0 Å². The summed E-state index contributed by atoms with van der Waals surface area (Å²) in [6.07, 6.45) is -0.613. The minimum Gasteiger partial charge on any atom is -0.365 e. The van der Waals surface area contributed by atoms with Crippen LogP contribution >= 0.6 is 11.3 Å². The summed E-state index contributed by atoms with van der Waals surface area (Å²) in [5.41, 5.74) is 0.788. The van der Waals surface area contributed by atoms with Crippen molar-refractivity contribution in [2.45, 2.75) is 13.0 Å². The monoisotopic (exact) mass is 304 g/mol. The summed E-state index contributed by atoms with van der Waals surface area (Å²) in [4.78, 5) is 25.4. The number of carbonyl (C=O) groups is 2. The fraction of sp³-hybridized carbons (Fsp3) is 0.333. The van der Waals surface area contributed by atoms with E-state index in [-0.39, 0.29) is 11.8 Å². The van der Waals surface area contributed by atoms with Crippen molar-refractivity contribution in [2.24, 2.45) is 0 Å². The molecule has 0 bridgehead atoms. The van der Waals surface area contributed by atoms with Gasteiger partial charge in [-0.3, -0.25) is 9.59 Å². The van der Waals surface area contributed by atoms with Gasteiger partial charge in [-0.15, -0.1) is 11.3 Å². The third-order valence-corrected chi connectivity index (χ3v) is 4.50. The molecule has 1 aromatic carbocycles. The lowest BCUT2D eigenvalue weighted by molar-refractivity contribution is -0.143. The SMILES string of the molecule is CC(=O)N1CCO[C@H](C(=O)Nc2cccc3ccsc23)C1. The molecule has 2 heterocycles. The molecule has 5 nitrogen and oxygen atoms in total. The van der Waals surface area contributed by atoms with E-state index in [0.29, 0.717) is 19.7 Å². The number of hydrogen-bond acceptors (Lipinski definition) is 4. The summed E-state index contributed by atoms with van der Waals surface area (Å²) in [6, 6.07) is 7.82. The Morgan fingerprint density at radius 2 is 2.24 bits per heavy atom. The van der Waals surface area contributed by atoms with E-state index in [9.17, 15) is 9.59 Å². The smallest absolute Gasteiger partial charge is 0.255 e. The van der Waals surface area contributed by atoms with Gasteiger partial charge in [-0.1, -0.05) is 12.1 Å². The topological polar surface area (TPSA) is 58.6 Å². The van der Waals surface area contributed by atoms with Crippen molar-refractivity contribution >= 4 is 38.9 Å². The van der Waals surface area contributed by atoms with Gasteiger partial charge in [0.2, 0.25) is 5.91 Å². The number of nitrogens with one attached hydrogen (secondary N) is 1. The Morgan fingerprint density at radius 1 is 1.38 bits per heavy atom. The second-order valence-corrected chi connectivity index (χ2v) is 5.87. The Labute approximate surface area is 126 Å². The Morgan fingerprint density at radius 3 is 3.05 bits per heavy atom. The summed E-state index contributed by atoms with van der Waals surface area (Å²) in [5.74, 6) is -0.238. The summed E-state index contributed by atoms with van der Waals surface area (Å²) in [7, 11) is 0. The van der Waals surface area contributed by atoms with E-state index in [0.717, 1.165) is 15.8 Å². The number of hydrogen-bond donors (Lipinski definition) is 1. The molecule has 0 unspecified atom stereocenters. The predicted molar refractivity (Wildman–Crippen MR) is 82.4 cm³/mol. The van der Waals surface area contributed by atoms with Gasteiger partial charge in [0.15, 0.2) is 6.10 Å². The maximum Gasteiger partial charge on any atom is 0.255 e. The molecule has 6 heteroatoms. The first-order valence-corrected chi connectivity index (χ1v) is 7.67. The molecule has 1 atom stereocenters. The van der Waals surface area contributed by atoms with Crippen molar-refractivity contribution < 1.29 is 14.3 Å². The van der Waals surface area contributed by atoms with Gasteiger partial charge in [0, 0.05) is 13.5 Å². The lowest BCUT2D eigenvalue weighted by Crippen LogP contribution is -2.49. The van der Waals surface area contributed by atoms with Gasteiger partial charge < -0.3 is 15.0 Å². The number of carbonyl (C=O) groups excluding carboxylic acids is 2. The number of fused-ring (bicyclic) bond motifs is 1. The van der Waals surface area contributed by atoms with Crippen molar-refractivity contribution in [3.63, 3.8) is 0 Å². The maximum absolute atomic E-state index is 12.3. The van der Waals surface area contributed by atoms with Crippen LogP contribution in [0.15, 0.2) is 29.6 Å². The van der Waals surface area contributed by atoms with Crippen molar-refractivity contribution in [2.75, 3.05) is 25.0 Å². The molecule has 1 saturated heterocycles. The summed E-state index contributed by atoms with van der Waals surface area (Å²) in [5, 5.41) is 6.01. The molecule has 110 valence electrons. The number of rotatable bonds is 2. The number of nitrogens with zero attached hydrogens (tertiary/aromatic N) is 1. The molecule has 1 aliphatic rings. The minimum atomic E-state index is -0.613. The lowest BCUT2D eigenvalue weighted by atomic mass is 10.2. The van der Waals surface area contributed by atoms with Crippen molar-refractivity contribution in [3.05, 3.63) is 29.6 Å². The first kappa shape index (κ1) is 14.0. The molecule has 0 spiro atoms. The van der Waals surface area contributed by atoms with E-state index in [1.165, 1.54) is 6.92 Å². The molecule has 2 aromatic rings. The Bertz CT molecular complexity index is 682. The van der Waals surface area contributed by atoms with E-state index in [2.05, 4.69) is 5.32 Å². The predicted octanol–water partition coefficient (Wildman–Crippen LogP) is 2.09. The number of morpholine rings is 1. The molecule has 1 aliphatic heterocycles. The molecular weight excluding hydrogens is 288 g/mol. The van der Waals surface area contributed by atoms with E-state index in [4.69, 9.17) is 4.74 Å². The molecule has 0 aliphatic carbocycles. The third kappa shape index (κ3) is 2.91.